The summed E-state index contributed by atoms with van der Waals surface area (Å²) in [4.78, 5) is 2.38. The third-order valence-electron chi connectivity index (χ3n) is 2.47. The van der Waals surface area contributed by atoms with E-state index in [0.29, 0.717) is 6.54 Å². The van der Waals surface area contributed by atoms with Crippen LogP contribution in [-0.2, 0) is 6.54 Å². The molecule has 0 heterocycles. The van der Waals surface area contributed by atoms with Gasteiger partial charge in [0.1, 0.15) is 0 Å². The van der Waals surface area contributed by atoms with E-state index in [0.717, 1.165) is 10.0 Å². The maximum Gasteiger partial charge on any atom is 0.0178 e. The van der Waals surface area contributed by atoms with Gasteiger partial charge in [-0.1, -0.05) is 48.8 Å². The van der Waals surface area contributed by atoms with Crippen LogP contribution in [0.5, 0.6) is 0 Å². The fourth-order valence-electron chi connectivity index (χ4n) is 1.33. The lowest BCUT2D eigenvalue weighted by Crippen LogP contribution is -2.21. The van der Waals surface area contributed by atoms with E-state index in [-0.39, 0.29) is 0 Å². The molecule has 0 aliphatic heterocycles. The fraction of sp³-hybridized carbons (Fsp3) is 0.538. The topological polar surface area (TPSA) is 29.3 Å². The van der Waals surface area contributed by atoms with Gasteiger partial charge in [-0.3, -0.25) is 0 Å². The van der Waals surface area contributed by atoms with Crippen molar-refractivity contribution >= 4 is 15.9 Å². The van der Waals surface area contributed by atoms with Crippen LogP contribution in [0.1, 0.15) is 26.3 Å². The molecule has 0 saturated carbocycles. The summed E-state index contributed by atoms with van der Waals surface area (Å²) in [5.41, 5.74) is 6.55. The molecule has 0 aromatic heterocycles. The number of halogens is 1. The van der Waals surface area contributed by atoms with Crippen molar-refractivity contribution in [2.45, 2.75) is 27.3 Å². The highest BCUT2D eigenvalue weighted by Crippen LogP contribution is 2.10. The maximum atomic E-state index is 5.40. The van der Waals surface area contributed by atoms with Gasteiger partial charge < -0.3 is 10.6 Å². The van der Waals surface area contributed by atoms with Gasteiger partial charge >= 0.3 is 0 Å². The van der Waals surface area contributed by atoms with Crippen molar-refractivity contribution in [2.75, 3.05) is 19.6 Å². The van der Waals surface area contributed by atoms with Crippen molar-refractivity contribution in [3.05, 3.63) is 34.3 Å². The van der Waals surface area contributed by atoms with Crippen molar-refractivity contribution in [3.63, 3.8) is 0 Å². The molecule has 0 amide bonds. The molecule has 2 nitrogen and oxygen atoms in total. The van der Waals surface area contributed by atoms with E-state index in [1.165, 1.54) is 19.6 Å². The van der Waals surface area contributed by atoms with Gasteiger partial charge in [-0.25, -0.2) is 0 Å². The van der Waals surface area contributed by atoms with Crippen LogP contribution in [-0.4, -0.2) is 24.5 Å². The molecule has 0 aliphatic carbocycles. The van der Waals surface area contributed by atoms with Gasteiger partial charge in [0.25, 0.3) is 0 Å². The molecule has 16 heavy (non-hydrogen) atoms. The number of rotatable bonds is 4. The largest absolute Gasteiger partial charge is 0.326 e. The molecule has 3 heteroatoms. The predicted octanol–water partition coefficient (Wildman–Crippen LogP) is 3.26. The minimum atomic E-state index is 0.611. The first-order valence-electron chi connectivity index (χ1n) is 5.84. The van der Waals surface area contributed by atoms with E-state index < -0.39 is 0 Å². The number of nitrogens with two attached hydrogens (primary N) is 1. The molecule has 1 aromatic rings. The normalized spacial score (nSPS) is 9.88. The van der Waals surface area contributed by atoms with E-state index in [2.05, 4.69) is 41.6 Å². The van der Waals surface area contributed by atoms with Crippen LogP contribution in [0.25, 0.3) is 0 Å². The maximum absolute atomic E-state index is 5.40. The molecule has 0 saturated heterocycles. The van der Waals surface area contributed by atoms with E-state index in [1.807, 2.05) is 24.3 Å². The van der Waals surface area contributed by atoms with Gasteiger partial charge in [0.05, 0.1) is 0 Å². The molecular formula is C13H23BrN2. The van der Waals surface area contributed by atoms with Gasteiger partial charge in [0.15, 0.2) is 0 Å². The van der Waals surface area contributed by atoms with Gasteiger partial charge in [0, 0.05) is 11.0 Å². The van der Waals surface area contributed by atoms with Crippen molar-refractivity contribution in [1.82, 2.24) is 4.90 Å². The summed E-state index contributed by atoms with van der Waals surface area (Å²) in [6.07, 6.45) is 0. The molecule has 0 aliphatic rings. The Labute approximate surface area is 108 Å². The number of hydrogen-bond acceptors (Lipinski definition) is 2. The first-order valence-corrected chi connectivity index (χ1v) is 6.64. The average molecular weight is 287 g/mol. The molecule has 2 N–H and O–H groups in total. The third kappa shape index (κ3) is 6.99. The van der Waals surface area contributed by atoms with Crippen LogP contribution in [0, 0.1) is 0 Å². The second-order valence-electron chi connectivity index (χ2n) is 3.45. The minimum absolute atomic E-state index is 0.611. The minimum Gasteiger partial charge on any atom is -0.326 e. The molecule has 0 bridgehead atoms. The number of nitrogens with zero attached hydrogens (tertiary/aromatic N) is 1. The molecule has 0 radical (unpaired) electrons. The lowest BCUT2D eigenvalue weighted by atomic mass is 10.2. The molecule has 0 spiro atoms. The Morgan fingerprint density at radius 1 is 1.12 bits per heavy atom. The van der Waals surface area contributed by atoms with E-state index in [4.69, 9.17) is 5.73 Å². The quantitative estimate of drug-likeness (QED) is 0.921. The lowest BCUT2D eigenvalue weighted by Gasteiger charge is -2.13. The fourth-order valence-corrected chi connectivity index (χ4v) is 1.78. The standard InChI is InChI=1S/C7H8BrN.C6H15N/c8-7-3-1-2-6(4-7)5-9;1-4-7(5-2)6-3/h1-4H,5,9H2;4-6H2,1-3H3. The van der Waals surface area contributed by atoms with Crippen molar-refractivity contribution in [2.24, 2.45) is 5.73 Å². The Morgan fingerprint density at radius 2 is 1.69 bits per heavy atom. The zero-order valence-electron chi connectivity index (χ0n) is 10.5. The molecule has 1 rings (SSSR count). The molecule has 1 aromatic carbocycles. The summed E-state index contributed by atoms with van der Waals surface area (Å²) in [6.45, 7) is 10.7. The summed E-state index contributed by atoms with van der Waals surface area (Å²) in [6, 6.07) is 7.98. The van der Waals surface area contributed by atoms with Crippen LogP contribution >= 0.6 is 15.9 Å². The van der Waals surface area contributed by atoms with Crippen LogP contribution < -0.4 is 5.73 Å². The first kappa shape index (κ1) is 15.6. The second-order valence-corrected chi connectivity index (χ2v) is 4.37. The summed E-state index contributed by atoms with van der Waals surface area (Å²) < 4.78 is 1.09. The van der Waals surface area contributed by atoms with Crippen LogP contribution in [0.4, 0.5) is 0 Å². The Hall–Kier alpha value is -0.380. The average Bonchev–Trinajstić information content (AvgIpc) is 2.32. The van der Waals surface area contributed by atoms with Crippen LogP contribution in [0.2, 0.25) is 0 Å². The monoisotopic (exact) mass is 286 g/mol. The van der Waals surface area contributed by atoms with Crippen LogP contribution in [0.15, 0.2) is 28.7 Å². The van der Waals surface area contributed by atoms with E-state index in [1.54, 1.807) is 0 Å². The third-order valence-corrected chi connectivity index (χ3v) is 2.96. The lowest BCUT2D eigenvalue weighted by molar-refractivity contribution is 0.321. The molecule has 0 fully saturated rings. The van der Waals surface area contributed by atoms with Gasteiger partial charge in [0.2, 0.25) is 0 Å². The van der Waals surface area contributed by atoms with Gasteiger partial charge in [-0.15, -0.1) is 0 Å². The zero-order valence-corrected chi connectivity index (χ0v) is 12.1. The predicted molar refractivity (Wildman–Crippen MR) is 75.5 cm³/mol. The molecular weight excluding hydrogens is 264 g/mol. The Morgan fingerprint density at radius 3 is 1.94 bits per heavy atom. The first-order chi connectivity index (χ1) is 7.67. The Balaban J connectivity index is 0.000000293. The smallest absolute Gasteiger partial charge is 0.0178 e. The van der Waals surface area contributed by atoms with Crippen molar-refractivity contribution in [3.8, 4) is 0 Å². The summed E-state index contributed by atoms with van der Waals surface area (Å²) in [5, 5.41) is 0. The highest BCUT2D eigenvalue weighted by atomic mass is 79.9. The molecule has 0 atom stereocenters. The summed E-state index contributed by atoms with van der Waals surface area (Å²) in [5.74, 6) is 0. The molecule has 0 unspecified atom stereocenters. The summed E-state index contributed by atoms with van der Waals surface area (Å²) in [7, 11) is 0. The second kappa shape index (κ2) is 9.82. The number of hydrogen-bond donors (Lipinski definition) is 1. The van der Waals surface area contributed by atoms with E-state index >= 15 is 0 Å². The Kier molecular flexibility index (Phi) is 9.59. The Bertz CT molecular complexity index is 267. The van der Waals surface area contributed by atoms with Crippen LogP contribution in [0.3, 0.4) is 0 Å². The van der Waals surface area contributed by atoms with Crippen molar-refractivity contribution in [1.29, 1.82) is 0 Å². The summed E-state index contributed by atoms with van der Waals surface area (Å²) >= 11 is 3.35. The SMILES string of the molecule is CCN(CC)CC.NCc1cccc(Br)c1. The number of benzene rings is 1. The van der Waals surface area contributed by atoms with E-state index in [9.17, 15) is 0 Å². The van der Waals surface area contributed by atoms with Gasteiger partial charge in [-0.2, -0.15) is 0 Å². The highest BCUT2D eigenvalue weighted by Gasteiger charge is 1.89. The highest BCUT2D eigenvalue weighted by molar-refractivity contribution is 9.10. The van der Waals surface area contributed by atoms with Gasteiger partial charge in [-0.05, 0) is 37.3 Å². The molecule has 92 valence electrons. The van der Waals surface area contributed by atoms with Crippen molar-refractivity contribution < 1.29 is 0 Å². The zero-order chi connectivity index (χ0) is 12.4.